The minimum atomic E-state index is -0.668. The first-order valence-electron chi connectivity index (χ1n) is 7.23. The van der Waals surface area contributed by atoms with E-state index in [9.17, 15) is 19.2 Å². The van der Waals surface area contributed by atoms with Gasteiger partial charge in [0.25, 0.3) is 5.56 Å². The molecule has 0 saturated carbocycles. The summed E-state index contributed by atoms with van der Waals surface area (Å²) in [7, 11) is 2.43. The van der Waals surface area contributed by atoms with Crippen LogP contribution in [0.1, 0.15) is 20.7 Å². The number of methoxy groups -OCH3 is 2. The molecule has 0 unspecified atom stereocenters. The van der Waals surface area contributed by atoms with E-state index in [0.29, 0.717) is 0 Å². The molecule has 1 aromatic heterocycles. The quantitative estimate of drug-likeness (QED) is 0.435. The van der Waals surface area contributed by atoms with Gasteiger partial charge in [0, 0.05) is 12.3 Å². The highest BCUT2D eigenvalue weighted by molar-refractivity contribution is 7.99. The van der Waals surface area contributed by atoms with Gasteiger partial charge < -0.3 is 19.8 Å². The highest BCUT2D eigenvalue weighted by Gasteiger charge is 2.17. The lowest BCUT2D eigenvalue weighted by molar-refractivity contribution is -0.113. The van der Waals surface area contributed by atoms with E-state index in [1.165, 1.54) is 44.7 Å². The van der Waals surface area contributed by atoms with Crippen LogP contribution in [0.4, 0.5) is 5.69 Å². The van der Waals surface area contributed by atoms with Crippen molar-refractivity contribution < 1.29 is 23.9 Å². The van der Waals surface area contributed by atoms with E-state index in [1.807, 2.05) is 0 Å². The summed E-state index contributed by atoms with van der Waals surface area (Å²) in [4.78, 5) is 53.3. The summed E-state index contributed by atoms with van der Waals surface area (Å²) < 4.78 is 9.29. The molecule has 2 aromatic rings. The van der Waals surface area contributed by atoms with Gasteiger partial charge in [0.1, 0.15) is 0 Å². The molecular formula is C16H15N3O6S. The molecule has 0 bridgehead atoms. The van der Waals surface area contributed by atoms with Crippen LogP contribution < -0.4 is 10.9 Å². The standard InChI is InChI=1S/C16H15N3O6S/c1-24-14(22)9-3-4-10(15(23)25-2)11(7-9)18-13(21)8-26-16-17-6-5-12(20)19-16/h3-7H,8H2,1-2H3,(H,18,21)(H,17,19,20). The number of anilines is 1. The number of ether oxygens (including phenoxy) is 2. The van der Waals surface area contributed by atoms with E-state index >= 15 is 0 Å². The molecule has 26 heavy (non-hydrogen) atoms. The summed E-state index contributed by atoms with van der Waals surface area (Å²) in [5.74, 6) is -1.82. The van der Waals surface area contributed by atoms with Crippen molar-refractivity contribution in [2.75, 3.05) is 25.3 Å². The molecule has 136 valence electrons. The van der Waals surface area contributed by atoms with Crippen molar-refractivity contribution in [3.8, 4) is 0 Å². The van der Waals surface area contributed by atoms with E-state index in [-0.39, 0.29) is 33.3 Å². The fourth-order valence-electron chi connectivity index (χ4n) is 1.93. The van der Waals surface area contributed by atoms with Crippen LogP contribution in [0.15, 0.2) is 40.4 Å². The number of rotatable bonds is 6. The van der Waals surface area contributed by atoms with E-state index in [2.05, 4.69) is 24.8 Å². The molecule has 0 aliphatic carbocycles. The Kier molecular flexibility index (Phi) is 6.50. The van der Waals surface area contributed by atoms with Crippen molar-refractivity contribution in [2.24, 2.45) is 0 Å². The van der Waals surface area contributed by atoms with Crippen LogP contribution in [0.3, 0.4) is 0 Å². The van der Waals surface area contributed by atoms with Crippen molar-refractivity contribution in [3.63, 3.8) is 0 Å². The van der Waals surface area contributed by atoms with Crippen LogP contribution in [0.2, 0.25) is 0 Å². The summed E-state index contributed by atoms with van der Waals surface area (Å²) in [6.07, 6.45) is 1.33. The second-order valence-electron chi connectivity index (χ2n) is 4.82. The number of nitrogens with one attached hydrogen (secondary N) is 2. The Labute approximate surface area is 152 Å². The molecule has 10 heteroatoms. The highest BCUT2D eigenvalue weighted by atomic mass is 32.2. The topological polar surface area (TPSA) is 127 Å². The average molecular weight is 377 g/mol. The molecule has 0 saturated heterocycles. The number of hydrogen-bond donors (Lipinski definition) is 2. The van der Waals surface area contributed by atoms with Crippen molar-refractivity contribution in [1.82, 2.24) is 9.97 Å². The maximum absolute atomic E-state index is 12.2. The molecule has 0 atom stereocenters. The lowest BCUT2D eigenvalue weighted by Gasteiger charge is -2.11. The molecule has 1 heterocycles. The number of thioether (sulfide) groups is 1. The Balaban J connectivity index is 2.16. The number of benzene rings is 1. The van der Waals surface area contributed by atoms with E-state index in [1.54, 1.807) is 0 Å². The average Bonchev–Trinajstić information content (AvgIpc) is 2.65. The third-order valence-electron chi connectivity index (χ3n) is 3.11. The van der Waals surface area contributed by atoms with Crippen molar-refractivity contribution >= 4 is 35.3 Å². The smallest absolute Gasteiger partial charge is 0.339 e. The Hall–Kier alpha value is -3.14. The van der Waals surface area contributed by atoms with Gasteiger partial charge in [-0.25, -0.2) is 14.6 Å². The Morgan fingerprint density at radius 1 is 1.15 bits per heavy atom. The van der Waals surface area contributed by atoms with Gasteiger partial charge in [-0.1, -0.05) is 11.8 Å². The van der Waals surface area contributed by atoms with Crippen molar-refractivity contribution in [1.29, 1.82) is 0 Å². The van der Waals surface area contributed by atoms with Gasteiger partial charge >= 0.3 is 11.9 Å². The van der Waals surface area contributed by atoms with Crippen LogP contribution in [0.5, 0.6) is 0 Å². The molecule has 1 amide bonds. The second kappa shape index (κ2) is 8.81. The van der Waals surface area contributed by atoms with Gasteiger partial charge in [0.2, 0.25) is 5.91 Å². The molecule has 0 aliphatic heterocycles. The number of aromatic nitrogens is 2. The number of hydrogen-bond acceptors (Lipinski definition) is 8. The minimum absolute atomic E-state index is 0.0734. The molecule has 2 N–H and O–H groups in total. The monoisotopic (exact) mass is 377 g/mol. The van der Waals surface area contributed by atoms with Crippen LogP contribution >= 0.6 is 11.8 Å². The van der Waals surface area contributed by atoms with Crippen LogP contribution in [-0.2, 0) is 14.3 Å². The molecule has 0 spiro atoms. The first-order valence-corrected chi connectivity index (χ1v) is 8.22. The molecule has 1 aromatic carbocycles. The van der Waals surface area contributed by atoms with Crippen molar-refractivity contribution in [2.45, 2.75) is 5.16 Å². The third kappa shape index (κ3) is 4.93. The Morgan fingerprint density at radius 2 is 1.88 bits per heavy atom. The summed E-state index contributed by atoms with van der Waals surface area (Å²) in [5, 5.41) is 2.82. The Morgan fingerprint density at radius 3 is 2.54 bits per heavy atom. The lowest BCUT2D eigenvalue weighted by atomic mass is 10.1. The number of carbonyl (C=O) groups excluding carboxylic acids is 3. The SMILES string of the molecule is COC(=O)c1ccc(C(=O)OC)c(NC(=O)CSc2nccc(=O)[nH]2)c1. The summed E-state index contributed by atoms with van der Waals surface area (Å²) >= 11 is 1.01. The van der Waals surface area contributed by atoms with Gasteiger partial charge in [0.05, 0.1) is 36.8 Å². The highest BCUT2D eigenvalue weighted by Crippen LogP contribution is 2.20. The Bertz CT molecular complexity index is 896. The summed E-state index contributed by atoms with van der Waals surface area (Å²) in [6.45, 7) is 0. The normalized spacial score (nSPS) is 10.1. The van der Waals surface area contributed by atoms with Crippen LogP contribution in [0.25, 0.3) is 0 Å². The zero-order chi connectivity index (χ0) is 19.1. The fraction of sp³-hybridized carbons (Fsp3) is 0.188. The third-order valence-corrected chi connectivity index (χ3v) is 4.00. The molecule has 0 fully saturated rings. The summed E-state index contributed by atoms with van der Waals surface area (Å²) in [5.41, 5.74) is 0.0310. The number of nitrogens with zero attached hydrogens (tertiary/aromatic N) is 1. The number of aromatic amines is 1. The van der Waals surface area contributed by atoms with Crippen LogP contribution in [0, 0.1) is 0 Å². The van der Waals surface area contributed by atoms with Crippen molar-refractivity contribution in [3.05, 3.63) is 51.9 Å². The number of esters is 2. The molecule has 9 nitrogen and oxygen atoms in total. The zero-order valence-electron chi connectivity index (χ0n) is 13.9. The number of H-pyrrole nitrogens is 1. The van der Waals surface area contributed by atoms with Gasteiger partial charge in [-0.2, -0.15) is 0 Å². The van der Waals surface area contributed by atoms with E-state index in [4.69, 9.17) is 0 Å². The van der Waals surface area contributed by atoms with Gasteiger partial charge in [0.15, 0.2) is 5.16 Å². The zero-order valence-corrected chi connectivity index (χ0v) is 14.7. The predicted molar refractivity (Wildman–Crippen MR) is 93.3 cm³/mol. The van der Waals surface area contributed by atoms with E-state index < -0.39 is 17.8 Å². The second-order valence-corrected chi connectivity index (χ2v) is 5.78. The molecule has 2 rings (SSSR count). The maximum atomic E-state index is 12.2. The molecule has 0 aliphatic rings. The maximum Gasteiger partial charge on any atom is 0.339 e. The largest absolute Gasteiger partial charge is 0.465 e. The van der Waals surface area contributed by atoms with Crippen LogP contribution in [-0.4, -0.2) is 47.8 Å². The van der Waals surface area contributed by atoms with Gasteiger partial charge in [-0.3, -0.25) is 9.59 Å². The molecular weight excluding hydrogens is 362 g/mol. The van der Waals surface area contributed by atoms with Gasteiger partial charge in [-0.05, 0) is 18.2 Å². The van der Waals surface area contributed by atoms with Gasteiger partial charge in [-0.15, -0.1) is 0 Å². The summed E-state index contributed by atoms with van der Waals surface area (Å²) in [6, 6.07) is 5.33. The van der Waals surface area contributed by atoms with E-state index in [0.717, 1.165) is 11.8 Å². The first kappa shape index (κ1) is 19.2. The first-order chi connectivity index (χ1) is 12.4. The fourth-order valence-corrected chi connectivity index (χ4v) is 2.57. The number of amides is 1. The molecule has 0 radical (unpaired) electrons. The number of carbonyl (C=O) groups is 3. The minimum Gasteiger partial charge on any atom is -0.465 e. The predicted octanol–water partition coefficient (Wildman–Crippen LogP) is 1.07. The lowest BCUT2D eigenvalue weighted by Crippen LogP contribution is -2.18.